The predicted octanol–water partition coefficient (Wildman–Crippen LogP) is 2.76. The van der Waals surface area contributed by atoms with E-state index in [-0.39, 0.29) is 23.0 Å². The van der Waals surface area contributed by atoms with Gasteiger partial charge in [-0.25, -0.2) is 4.98 Å². The lowest BCUT2D eigenvalue weighted by Crippen LogP contribution is -2.44. The number of hydrogen-bond acceptors (Lipinski definition) is 7. The summed E-state index contributed by atoms with van der Waals surface area (Å²) in [5.74, 6) is 1.79. The summed E-state index contributed by atoms with van der Waals surface area (Å²) in [5.41, 5.74) is 0.913. The van der Waals surface area contributed by atoms with Crippen molar-refractivity contribution in [3.05, 3.63) is 78.4 Å². The van der Waals surface area contributed by atoms with Crippen LogP contribution in [0.15, 0.2) is 67.0 Å². The monoisotopic (exact) mass is 435 g/mol. The van der Waals surface area contributed by atoms with Crippen LogP contribution in [0.25, 0.3) is 0 Å². The van der Waals surface area contributed by atoms with Crippen LogP contribution in [-0.4, -0.2) is 45.3 Å². The van der Waals surface area contributed by atoms with Crippen LogP contribution in [-0.2, 0) is 4.79 Å². The lowest BCUT2D eigenvalue weighted by molar-refractivity contribution is -0.121. The fourth-order valence-corrected chi connectivity index (χ4v) is 4.36. The van der Waals surface area contributed by atoms with Crippen LogP contribution >= 0.6 is 11.8 Å². The molecule has 1 aromatic heterocycles. The summed E-state index contributed by atoms with van der Waals surface area (Å²) in [4.78, 5) is 28.8. The molecule has 158 valence electrons. The number of carbonyl (C=O) groups excluding carboxylic acids is 2. The summed E-state index contributed by atoms with van der Waals surface area (Å²) in [5, 5.41) is 12.8. The standard InChI is InChI=1S/C22H21N5O3S/c28-21-19(15-6-8-18(9-7-15)30-17-4-2-1-3-5-17)31-13-10-16(26-21)14-24-22(29)20-23-11-12-25-27-20/h1-9,11-12,16,19H,10,13-14H2,(H,24,29)(H,26,28)/t16-,19+/m0/s1. The highest BCUT2D eigenvalue weighted by Crippen LogP contribution is 2.33. The van der Waals surface area contributed by atoms with Crippen LogP contribution in [0.4, 0.5) is 0 Å². The first kappa shape index (κ1) is 20.8. The molecule has 1 aliphatic heterocycles. The number of aromatic nitrogens is 3. The molecular weight excluding hydrogens is 414 g/mol. The lowest BCUT2D eigenvalue weighted by Gasteiger charge is -2.18. The molecule has 1 saturated heterocycles. The molecule has 2 heterocycles. The Kier molecular flexibility index (Phi) is 6.73. The first-order valence-electron chi connectivity index (χ1n) is 9.86. The number of ether oxygens (including phenoxy) is 1. The molecule has 2 aromatic carbocycles. The van der Waals surface area contributed by atoms with Gasteiger partial charge in [-0.1, -0.05) is 30.3 Å². The number of nitrogens with one attached hydrogen (secondary N) is 2. The molecule has 0 aliphatic carbocycles. The average molecular weight is 436 g/mol. The van der Waals surface area contributed by atoms with E-state index in [1.165, 1.54) is 12.4 Å². The van der Waals surface area contributed by atoms with Crippen LogP contribution in [0.5, 0.6) is 11.5 Å². The van der Waals surface area contributed by atoms with Crippen molar-refractivity contribution in [3.63, 3.8) is 0 Å². The van der Waals surface area contributed by atoms with Gasteiger partial charge in [0.05, 0.1) is 6.20 Å². The smallest absolute Gasteiger partial charge is 0.291 e. The zero-order chi connectivity index (χ0) is 21.5. The third-order valence-electron chi connectivity index (χ3n) is 4.69. The van der Waals surface area contributed by atoms with E-state index in [1.54, 1.807) is 11.8 Å². The molecule has 3 aromatic rings. The summed E-state index contributed by atoms with van der Waals surface area (Å²) in [6.07, 6.45) is 3.56. The SMILES string of the molecule is O=C(NC[C@@H]1CCS[C@H](c2ccc(Oc3ccccc3)cc2)C(=O)N1)c1nccnn1. The Bertz CT molecular complexity index is 1020. The normalized spacial score (nSPS) is 18.5. The first-order chi connectivity index (χ1) is 15.2. The van der Waals surface area contributed by atoms with E-state index in [4.69, 9.17) is 4.74 Å². The molecule has 0 radical (unpaired) electrons. The molecule has 31 heavy (non-hydrogen) atoms. The number of thioether (sulfide) groups is 1. The second-order valence-corrected chi connectivity index (χ2v) is 8.12. The van der Waals surface area contributed by atoms with E-state index in [9.17, 15) is 9.59 Å². The summed E-state index contributed by atoms with van der Waals surface area (Å²) in [6.45, 7) is 0.306. The van der Waals surface area contributed by atoms with Gasteiger partial charge in [0, 0.05) is 18.8 Å². The van der Waals surface area contributed by atoms with Crippen molar-refractivity contribution in [2.24, 2.45) is 0 Å². The molecule has 2 amide bonds. The van der Waals surface area contributed by atoms with Crippen LogP contribution in [0.2, 0.25) is 0 Å². The van der Waals surface area contributed by atoms with Gasteiger partial charge in [0.25, 0.3) is 5.91 Å². The Hall–Kier alpha value is -3.46. The van der Waals surface area contributed by atoms with Crippen molar-refractivity contribution in [2.75, 3.05) is 12.3 Å². The summed E-state index contributed by atoms with van der Waals surface area (Å²) < 4.78 is 5.82. The largest absolute Gasteiger partial charge is 0.457 e. The van der Waals surface area contributed by atoms with Crippen molar-refractivity contribution in [2.45, 2.75) is 17.7 Å². The molecule has 1 aliphatic rings. The van der Waals surface area contributed by atoms with Crippen LogP contribution in [0.3, 0.4) is 0 Å². The van der Waals surface area contributed by atoms with Crippen molar-refractivity contribution < 1.29 is 14.3 Å². The van der Waals surface area contributed by atoms with E-state index in [0.29, 0.717) is 12.3 Å². The summed E-state index contributed by atoms with van der Waals surface area (Å²) in [7, 11) is 0. The number of nitrogens with zero attached hydrogens (tertiary/aromatic N) is 3. The quantitative estimate of drug-likeness (QED) is 0.613. The Morgan fingerprint density at radius 1 is 1.10 bits per heavy atom. The van der Waals surface area contributed by atoms with Crippen LogP contribution in [0.1, 0.15) is 27.9 Å². The topological polar surface area (TPSA) is 106 Å². The second-order valence-electron chi connectivity index (χ2n) is 6.91. The van der Waals surface area contributed by atoms with E-state index in [0.717, 1.165) is 23.5 Å². The average Bonchev–Trinajstić information content (AvgIpc) is 3.00. The third kappa shape index (κ3) is 5.58. The number of carbonyl (C=O) groups is 2. The molecule has 0 spiro atoms. The third-order valence-corrected chi connectivity index (χ3v) is 5.98. The minimum atomic E-state index is -0.412. The number of amides is 2. The minimum absolute atomic E-state index is 0.00696. The number of benzene rings is 2. The lowest BCUT2D eigenvalue weighted by atomic mass is 10.1. The molecule has 0 saturated carbocycles. The second kappa shape index (κ2) is 10.0. The molecule has 2 N–H and O–H groups in total. The van der Waals surface area contributed by atoms with Gasteiger partial charge in [0.15, 0.2) is 0 Å². The highest BCUT2D eigenvalue weighted by molar-refractivity contribution is 8.00. The Morgan fingerprint density at radius 2 is 1.87 bits per heavy atom. The Balaban J connectivity index is 1.33. The molecule has 8 nitrogen and oxygen atoms in total. The maximum atomic E-state index is 12.8. The van der Waals surface area contributed by atoms with E-state index < -0.39 is 5.91 Å². The molecule has 4 rings (SSSR count). The van der Waals surface area contributed by atoms with Gasteiger partial charge >= 0.3 is 0 Å². The van der Waals surface area contributed by atoms with Crippen molar-refractivity contribution in [3.8, 4) is 11.5 Å². The van der Waals surface area contributed by atoms with Gasteiger partial charge in [-0.2, -0.15) is 5.10 Å². The maximum absolute atomic E-state index is 12.8. The zero-order valence-electron chi connectivity index (χ0n) is 16.6. The minimum Gasteiger partial charge on any atom is -0.457 e. The Labute approximate surface area is 183 Å². The van der Waals surface area contributed by atoms with Gasteiger partial charge in [0.2, 0.25) is 11.7 Å². The van der Waals surface area contributed by atoms with Gasteiger partial charge in [-0.05, 0) is 42.0 Å². The van der Waals surface area contributed by atoms with Gasteiger partial charge in [0.1, 0.15) is 16.7 Å². The van der Waals surface area contributed by atoms with Crippen LogP contribution < -0.4 is 15.4 Å². The molecule has 9 heteroatoms. The molecule has 2 atom stereocenters. The number of para-hydroxylation sites is 1. The highest BCUT2D eigenvalue weighted by Gasteiger charge is 2.27. The molecule has 0 bridgehead atoms. The van der Waals surface area contributed by atoms with Crippen molar-refractivity contribution in [1.82, 2.24) is 25.8 Å². The fraction of sp³-hybridized carbons (Fsp3) is 0.227. The van der Waals surface area contributed by atoms with Crippen molar-refractivity contribution >= 4 is 23.6 Å². The van der Waals surface area contributed by atoms with Gasteiger partial charge in [-0.3, -0.25) is 9.59 Å². The Morgan fingerprint density at radius 3 is 2.61 bits per heavy atom. The van der Waals surface area contributed by atoms with E-state index in [2.05, 4.69) is 25.8 Å². The number of hydrogen-bond donors (Lipinski definition) is 2. The van der Waals surface area contributed by atoms with Gasteiger partial charge in [-0.15, -0.1) is 16.9 Å². The predicted molar refractivity (Wildman–Crippen MR) is 117 cm³/mol. The van der Waals surface area contributed by atoms with E-state index >= 15 is 0 Å². The maximum Gasteiger partial charge on any atom is 0.291 e. The van der Waals surface area contributed by atoms with E-state index in [1.807, 2.05) is 54.6 Å². The summed E-state index contributed by atoms with van der Waals surface area (Å²) >= 11 is 1.59. The van der Waals surface area contributed by atoms with Gasteiger partial charge < -0.3 is 15.4 Å². The van der Waals surface area contributed by atoms with Crippen LogP contribution in [0, 0.1) is 0 Å². The molecular formula is C22H21N5O3S. The molecule has 0 unspecified atom stereocenters. The van der Waals surface area contributed by atoms with Crippen molar-refractivity contribution in [1.29, 1.82) is 0 Å². The first-order valence-corrected chi connectivity index (χ1v) is 10.9. The molecule has 1 fully saturated rings. The number of rotatable bonds is 6. The fourth-order valence-electron chi connectivity index (χ4n) is 3.14. The zero-order valence-corrected chi connectivity index (χ0v) is 17.4. The summed E-state index contributed by atoms with van der Waals surface area (Å²) in [6, 6.07) is 16.9. The highest BCUT2D eigenvalue weighted by atomic mass is 32.2.